The average molecular weight is 366 g/mol. The minimum atomic E-state index is -4.98. The quantitative estimate of drug-likeness (QED) is 0.700. The molecule has 0 amide bonds. The molecular weight excluding hydrogens is 349 g/mol. The summed E-state index contributed by atoms with van der Waals surface area (Å²) in [6, 6.07) is 3.78. The Hall–Kier alpha value is -2.84. The van der Waals surface area contributed by atoms with E-state index >= 15 is 0 Å². The second kappa shape index (κ2) is 6.47. The third-order valence-corrected chi connectivity index (χ3v) is 4.15. The van der Waals surface area contributed by atoms with Crippen molar-refractivity contribution in [2.45, 2.75) is 32.0 Å². The Bertz CT molecular complexity index is 927. The Labute approximate surface area is 147 Å². The Morgan fingerprint density at radius 2 is 2.08 bits per heavy atom. The van der Waals surface area contributed by atoms with Crippen LogP contribution in [-0.4, -0.2) is 38.5 Å². The molecule has 3 aromatic heterocycles. The zero-order valence-corrected chi connectivity index (χ0v) is 14.2. The monoisotopic (exact) mass is 366 g/mol. The van der Waals surface area contributed by atoms with Crippen LogP contribution >= 0.6 is 0 Å². The molecule has 0 unspecified atom stereocenters. The lowest BCUT2D eigenvalue weighted by Gasteiger charge is -2.25. The number of rotatable bonds is 5. The molecule has 0 fully saturated rings. The summed E-state index contributed by atoms with van der Waals surface area (Å²) < 4.78 is 42.5. The fraction of sp³-hybridized carbons (Fsp3) is 0.353. The van der Waals surface area contributed by atoms with Crippen LogP contribution in [0.3, 0.4) is 0 Å². The summed E-state index contributed by atoms with van der Waals surface area (Å²) in [4.78, 5) is 18.1. The fourth-order valence-corrected chi connectivity index (χ4v) is 2.60. The minimum Gasteiger partial charge on any atom is -0.459 e. The molecule has 0 aliphatic rings. The first kappa shape index (κ1) is 18.0. The molecule has 0 saturated heterocycles. The number of aromatic nitrogens is 4. The first-order valence-electron chi connectivity index (χ1n) is 7.90. The summed E-state index contributed by atoms with van der Waals surface area (Å²) in [5.74, 6) is -2.18. The van der Waals surface area contributed by atoms with E-state index in [1.807, 2.05) is 32.2 Å². The molecule has 138 valence electrons. The highest BCUT2D eigenvalue weighted by atomic mass is 19.4. The first-order chi connectivity index (χ1) is 12.2. The highest BCUT2D eigenvalue weighted by Gasteiger charge is 2.41. The molecule has 6 nitrogen and oxygen atoms in total. The van der Waals surface area contributed by atoms with E-state index in [0.717, 1.165) is 22.2 Å². The van der Waals surface area contributed by atoms with Crippen LogP contribution in [0.15, 0.2) is 36.9 Å². The van der Waals surface area contributed by atoms with Gasteiger partial charge in [0.1, 0.15) is 5.65 Å². The molecule has 9 heteroatoms. The maximum atomic E-state index is 12.2. The van der Waals surface area contributed by atoms with Crippen LogP contribution in [0.1, 0.15) is 20.3 Å². The van der Waals surface area contributed by atoms with E-state index in [2.05, 4.69) is 19.8 Å². The molecule has 0 bridgehead atoms. The number of nitrogens with zero attached hydrogens (tertiary/aromatic N) is 3. The summed E-state index contributed by atoms with van der Waals surface area (Å²) in [5.41, 5.74) is 1.93. The van der Waals surface area contributed by atoms with E-state index in [1.165, 1.54) is 0 Å². The SMILES string of the molecule is CC(C)(CCOC(=O)C(F)(F)F)n1cc(-c2ccnc3[nH]ccc23)cn1. The lowest BCUT2D eigenvalue weighted by atomic mass is 10.0. The molecule has 3 aromatic rings. The number of pyridine rings is 1. The van der Waals surface area contributed by atoms with Crippen molar-refractivity contribution in [3.05, 3.63) is 36.9 Å². The number of carbonyl (C=O) groups is 1. The van der Waals surface area contributed by atoms with Crippen molar-refractivity contribution in [1.82, 2.24) is 19.7 Å². The third-order valence-electron chi connectivity index (χ3n) is 4.15. The smallest absolute Gasteiger partial charge is 0.459 e. The standard InChI is InChI=1S/C17H17F3N4O2/c1-16(2,5-8-26-15(25)17(18,19)20)24-10-11(9-23-24)12-3-6-21-14-13(12)4-7-22-14/h3-4,6-7,9-10H,5,8H2,1-2H3,(H,21,22). The highest BCUT2D eigenvalue weighted by molar-refractivity contribution is 5.92. The molecule has 26 heavy (non-hydrogen) atoms. The zero-order chi connectivity index (χ0) is 18.9. The summed E-state index contributed by atoms with van der Waals surface area (Å²) in [6.45, 7) is 3.27. The Morgan fingerprint density at radius 1 is 1.31 bits per heavy atom. The van der Waals surface area contributed by atoms with Crippen molar-refractivity contribution >= 4 is 17.0 Å². The molecule has 0 aliphatic carbocycles. The summed E-state index contributed by atoms with van der Waals surface area (Å²) >= 11 is 0. The normalized spacial score (nSPS) is 12.5. The Kier molecular flexibility index (Phi) is 4.47. The molecule has 0 aliphatic heterocycles. The fourth-order valence-electron chi connectivity index (χ4n) is 2.60. The van der Waals surface area contributed by atoms with Crippen LogP contribution in [0, 0.1) is 0 Å². The Morgan fingerprint density at radius 3 is 2.81 bits per heavy atom. The number of esters is 1. The third kappa shape index (κ3) is 3.56. The van der Waals surface area contributed by atoms with Crippen molar-refractivity contribution in [3.63, 3.8) is 0 Å². The van der Waals surface area contributed by atoms with Gasteiger partial charge in [-0.15, -0.1) is 0 Å². The summed E-state index contributed by atoms with van der Waals surface area (Å²) in [7, 11) is 0. The summed E-state index contributed by atoms with van der Waals surface area (Å²) in [5, 5.41) is 5.27. The van der Waals surface area contributed by atoms with Gasteiger partial charge >= 0.3 is 12.1 Å². The first-order valence-corrected chi connectivity index (χ1v) is 7.90. The van der Waals surface area contributed by atoms with Gasteiger partial charge in [0, 0.05) is 36.0 Å². The maximum Gasteiger partial charge on any atom is 0.490 e. The lowest BCUT2D eigenvalue weighted by molar-refractivity contribution is -0.200. The number of carbonyl (C=O) groups excluding carboxylic acids is 1. The van der Waals surface area contributed by atoms with E-state index in [4.69, 9.17) is 0 Å². The number of hydrogen-bond donors (Lipinski definition) is 1. The molecule has 1 N–H and O–H groups in total. The predicted molar refractivity (Wildman–Crippen MR) is 88.3 cm³/mol. The summed E-state index contributed by atoms with van der Waals surface area (Å²) in [6.07, 6.45) is 2.19. The van der Waals surface area contributed by atoms with Gasteiger partial charge in [-0.1, -0.05) is 0 Å². The second-order valence-corrected chi connectivity index (χ2v) is 6.47. The maximum absolute atomic E-state index is 12.2. The number of nitrogens with one attached hydrogen (secondary N) is 1. The van der Waals surface area contributed by atoms with Crippen LogP contribution in [-0.2, 0) is 15.1 Å². The van der Waals surface area contributed by atoms with E-state index in [-0.39, 0.29) is 13.0 Å². The van der Waals surface area contributed by atoms with E-state index < -0.39 is 17.7 Å². The van der Waals surface area contributed by atoms with Crippen molar-refractivity contribution in [2.24, 2.45) is 0 Å². The van der Waals surface area contributed by atoms with Crippen LogP contribution in [0.25, 0.3) is 22.2 Å². The number of fused-ring (bicyclic) bond motifs is 1. The Balaban J connectivity index is 1.74. The van der Waals surface area contributed by atoms with Gasteiger partial charge in [-0.25, -0.2) is 9.78 Å². The molecule has 0 radical (unpaired) electrons. The van der Waals surface area contributed by atoms with E-state index in [9.17, 15) is 18.0 Å². The van der Waals surface area contributed by atoms with Crippen LogP contribution in [0.5, 0.6) is 0 Å². The van der Waals surface area contributed by atoms with Gasteiger partial charge < -0.3 is 9.72 Å². The number of H-pyrrole nitrogens is 1. The predicted octanol–water partition coefficient (Wildman–Crippen LogP) is 3.66. The van der Waals surface area contributed by atoms with Crippen molar-refractivity contribution in [1.29, 1.82) is 0 Å². The molecule has 0 aromatic carbocycles. The van der Waals surface area contributed by atoms with Gasteiger partial charge in [-0.3, -0.25) is 4.68 Å². The van der Waals surface area contributed by atoms with Crippen molar-refractivity contribution in [2.75, 3.05) is 6.61 Å². The minimum absolute atomic E-state index is 0.186. The number of halogens is 3. The average Bonchev–Trinajstić information content (AvgIpc) is 3.23. The van der Waals surface area contributed by atoms with E-state index in [0.29, 0.717) is 0 Å². The topological polar surface area (TPSA) is 72.8 Å². The lowest BCUT2D eigenvalue weighted by Crippen LogP contribution is -2.31. The van der Waals surface area contributed by atoms with Crippen LogP contribution in [0.4, 0.5) is 13.2 Å². The molecule has 0 saturated carbocycles. The van der Waals surface area contributed by atoms with Gasteiger partial charge in [0.05, 0.1) is 18.3 Å². The number of alkyl halides is 3. The molecule has 0 atom stereocenters. The number of ether oxygens (including phenoxy) is 1. The second-order valence-electron chi connectivity index (χ2n) is 6.47. The largest absolute Gasteiger partial charge is 0.490 e. The number of hydrogen-bond acceptors (Lipinski definition) is 4. The van der Waals surface area contributed by atoms with Gasteiger partial charge in [0.2, 0.25) is 0 Å². The molecule has 3 rings (SSSR count). The molecule has 3 heterocycles. The molecule has 0 spiro atoms. The van der Waals surface area contributed by atoms with E-state index in [1.54, 1.807) is 23.3 Å². The highest BCUT2D eigenvalue weighted by Crippen LogP contribution is 2.29. The zero-order valence-electron chi connectivity index (χ0n) is 14.2. The number of aromatic amines is 1. The van der Waals surface area contributed by atoms with Gasteiger partial charge in [0.25, 0.3) is 0 Å². The van der Waals surface area contributed by atoms with Gasteiger partial charge in [-0.2, -0.15) is 18.3 Å². The van der Waals surface area contributed by atoms with Gasteiger partial charge in [-0.05, 0) is 31.5 Å². The van der Waals surface area contributed by atoms with Crippen LogP contribution in [0.2, 0.25) is 0 Å². The van der Waals surface area contributed by atoms with Crippen molar-refractivity contribution in [3.8, 4) is 11.1 Å². The van der Waals surface area contributed by atoms with Crippen LogP contribution < -0.4 is 0 Å². The molecular formula is C17H17F3N4O2. The van der Waals surface area contributed by atoms with Gasteiger partial charge in [0.15, 0.2) is 0 Å². The van der Waals surface area contributed by atoms with Crippen molar-refractivity contribution < 1.29 is 22.7 Å².